The number of hydrogen-bond acceptors (Lipinski definition) is 2. The lowest BCUT2D eigenvalue weighted by Gasteiger charge is -2.12. The molecule has 0 amide bonds. The van der Waals surface area contributed by atoms with Gasteiger partial charge in [-0.2, -0.15) is 0 Å². The van der Waals surface area contributed by atoms with Gasteiger partial charge in [0.1, 0.15) is 0 Å². The Morgan fingerprint density at radius 3 is 2.24 bits per heavy atom. The van der Waals surface area contributed by atoms with Crippen molar-refractivity contribution >= 4 is 11.3 Å². The van der Waals surface area contributed by atoms with Crippen LogP contribution in [0, 0.1) is 0 Å². The van der Waals surface area contributed by atoms with Gasteiger partial charge in [0.25, 0.3) is 0 Å². The van der Waals surface area contributed by atoms with Gasteiger partial charge in [-0.25, -0.2) is 0 Å². The summed E-state index contributed by atoms with van der Waals surface area (Å²) in [7, 11) is 0. The summed E-state index contributed by atoms with van der Waals surface area (Å²) in [5.74, 6) is 0.581. The maximum absolute atomic E-state index is 6.22. The molecule has 0 fully saturated rings. The second-order valence-corrected chi connectivity index (χ2v) is 5.74. The van der Waals surface area contributed by atoms with E-state index in [1.54, 1.807) is 11.3 Å². The van der Waals surface area contributed by atoms with E-state index < -0.39 is 0 Å². The second kappa shape index (κ2) is 5.48. The molecule has 2 aromatic rings. The molecule has 0 saturated heterocycles. The number of hydrogen-bond donors (Lipinski definition) is 1. The Morgan fingerprint density at radius 2 is 1.71 bits per heavy atom. The van der Waals surface area contributed by atoms with Gasteiger partial charge in [-0.1, -0.05) is 44.2 Å². The minimum atomic E-state index is 0.106. The third-order valence-corrected chi connectivity index (χ3v) is 3.93. The zero-order valence-corrected chi connectivity index (χ0v) is 11.2. The van der Waals surface area contributed by atoms with E-state index in [0.717, 1.165) is 6.42 Å². The molecule has 90 valence electrons. The van der Waals surface area contributed by atoms with Crippen LogP contribution in [0.4, 0.5) is 0 Å². The molecular formula is C15H19NS. The van der Waals surface area contributed by atoms with Crippen molar-refractivity contribution in [3.8, 4) is 0 Å². The van der Waals surface area contributed by atoms with Crippen LogP contribution in [0.1, 0.15) is 41.8 Å². The molecule has 1 nitrogen and oxygen atoms in total. The molecule has 0 radical (unpaired) electrons. The summed E-state index contributed by atoms with van der Waals surface area (Å²) in [6, 6.07) is 13.0. The molecule has 17 heavy (non-hydrogen) atoms. The van der Waals surface area contributed by atoms with Gasteiger partial charge in [-0.05, 0) is 28.5 Å². The SMILES string of the molecule is CC(C)c1ccc(C(N)Cc2cccs2)cc1. The topological polar surface area (TPSA) is 26.0 Å². The van der Waals surface area contributed by atoms with Gasteiger partial charge in [0, 0.05) is 17.3 Å². The van der Waals surface area contributed by atoms with Crippen molar-refractivity contribution in [2.24, 2.45) is 5.73 Å². The molecule has 1 atom stereocenters. The Labute approximate surface area is 107 Å². The lowest BCUT2D eigenvalue weighted by molar-refractivity contribution is 0.728. The number of nitrogens with two attached hydrogens (primary N) is 1. The smallest absolute Gasteiger partial charge is 0.0343 e. The highest BCUT2D eigenvalue weighted by atomic mass is 32.1. The maximum atomic E-state index is 6.22. The monoisotopic (exact) mass is 245 g/mol. The van der Waals surface area contributed by atoms with Gasteiger partial charge in [0.2, 0.25) is 0 Å². The highest BCUT2D eigenvalue weighted by Gasteiger charge is 2.08. The van der Waals surface area contributed by atoms with E-state index >= 15 is 0 Å². The molecule has 0 aliphatic heterocycles. The lowest BCUT2D eigenvalue weighted by Crippen LogP contribution is -2.12. The molecule has 1 aromatic carbocycles. The van der Waals surface area contributed by atoms with Crippen LogP contribution in [-0.4, -0.2) is 0 Å². The van der Waals surface area contributed by atoms with E-state index in [1.165, 1.54) is 16.0 Å². The van der Waals surface area contributed by atoms with Crippen LogP contribution in [-0.2, 0) is 6.42 Å². The molecule has 2 heteroatoms. The van der Waals surface area contributed by atoms with Gasteiger partial charge in [0.05, 0.1) is 0 Å². The summed E-state index contributed by atoms with van der Waals surface area (Å²) in [5.41, 5.74) is 8.82. The summed E-state index contributed by atoms with van der Waals surface area (Å²) < 4.78 is 0. The fourth-order valence-electron chi connectivity index (χ4n) is 1.89. The zero-order chi connectivity index (χ0) is 12.3. The molecule has 2 rings (SSSR count). The Bertz CT molecular complexity index is 442. The predicted octanol–water partition coefficient (Wildman–Crippen LogP) is 4.11. The standard InChI is InChI=1S/C15H19NS/c1-11(2)12-5-7-13(8-6-12)15(16)10-14-4-3-9-17-14/h3-9,11,15H,10,16H2,1-2H3. The minimum Gasteiger partial charge on any atom is -0.324 e. The van der Waals surface area contributed by atoms with Crippen molar-refractivity contribution in [1.29, 1.82) is 0 Å². The first kappa shape index (κ1) is 12.3. The summed E-state index contributed by atoms with van der Waals surface area (Å²) in [5, 5.41) is 2.10. The maximum Gasteiger partial charge on any atom is 0.0343 e. The molecule has 1 aromatic heterocycles. The van der Waals surface area contributed by atoms with E-state index in [4.69, 9.17) is 5.73 Å². The predicted molar refractivity (Wildman–Crippen MR) is 75.5 cm³/mol. The highest BCUT2D eigenvalue weighted by molar-refractivity contribution is 7.09. The van der Waals surface area contributed by atoms with Crippen LogP contribution in [0.15, 0.2) is 41.8 Å². The molecule has 0 aliphatic carbocycles. The van der Waals surface area contributed by atoms with E-state index in [-0.39, 0.29) is 6.04 Å². The summed E-state index contributed by atoms with van der Waals surface area (Å²) >= 11 is 1.77. The lowest BCUT2D eigenvalue weighted by atomic mass is 9.98. The van der Waals surface area contributed by atoms with Gasteiger partial charge < -0.3 is 5.73 Å². The first-order valence-electron chi connectivity index (χ1n) is 6.04. The molecule has 0 saturated carbocycles. The number of rotatable bonds is 4. The molecule has 0 spiro atoms. The Morgan fingerprint density at radius 1 is 1.06 bits per heavy atom. The molecule has 1 heterocycles. The van der Waals surface area contributed by atoms with Crippen LogP contribution >= 0.6 is 11.3 Å². The third-order valence-electron chi connectivity index (χ3n) is 3.03. The van der Waals surface area contributed by atoms with Crippen LogP contribution < -0.4 is 5.73 Å². The van der Waals surface area contributed by atoms with Crippen LogP contribution in [0.2, 0.25) is 0 Å². The fraction of sp³-hybridized carbons (Fsp3) is 0.333. The van der Waals surface area contributed by atoms with Gasteiger partial charge in [0.15, 0.2) is 0 Å². The largest absolute Gasteiger partial charge is 0.324 e. The van der Waals surface area contributed by atoms with Crippen LogP contribution in [0.3, 0.4) is 0 Å². The minimum absolute atomic E-state index is 0.106. The average Bonchev–Trinajstić information content (AvgIpc) is 2.82. The van der Waals surface area contributed by atoms with Gasteiger partial charge in [-0.3, -0.25) is 0 Å². The van der Waals surface area contributed by atoms with Crippen molar-refractivity contribution < 1.29 is 0 Å². The van der Waals surface area contributed by atoms with Crippen molar-refractivity contribution in [2.45, 2.75) is 32.2 Å². The first-order chi connectivity index (χ1) is 8.16. The molecular weight excluding hydrogens is 226 g/mol. The molecule has 2 N–H and O–H groups in total. The van der Waals surface area contributed by atoms with E-state index in [1.807, 2.05) is 0 Å². The summed E-state index contributed by atoms with van der Waals surface area (Å²) in [6.07, 6.45) is 0.929. The Balaban J connectivity index is 2.06. The Hall–Kier alpha value is -1.12. The van der Waals surface area contributed by atoms with Crippen molar-refractivity contribution in [2.75, 3.05) is 0 Å². The Kier molecular flexibility index (Phi) is 3.97. The normalized spacial score (nSPS) is 12.9. The number of benzene rings is 1. The summed E-state index contributed by atoms with van der Waals surface area (Å²) in [6.45, 7) is 4.42. The van der Waals surface area contributed by atoms with E-state index in [9.17, 15) is 0 Å². The van der Waals surface area contributed by atoms with Crippen molar-refractivity contribution in [3.05, 3.63) is 57.8 Å². The molecule has 1 unspecified atom stereocenters. The third kappa shape index (κ3) is 3.18. The average molecular weight is 245 g/mol. The van der Waals surface area contributed by atoms with Crippen LogP contribution in [0.5, 0.6) is 0 Å². The molecule has 0 bridgehead atoms. The van der Waals surface area contributed by atoms with Gasteiger partial charge >= 0.3 is 0 Å². The quantitative estimate of drug-likeness (QED) is 0.861. The van der Waals surface area contributed by atoms with Gasteiger partial charge in [-0.15, -0.1) is 11.3 Å². The van der Waals surface area contributed by atoms with Crippen LogP contribution in [0.25, 0.3) is 0 Å². The van der Waals surface area contributed by atoms with Crippen molar-refractivity contribution in [3.63, 3.8) is 0 Å². The second-order valence-electron chi connectivity index (χ2n) is 4.71. The highest BCUT2D eigenvalue weighted by Crippen LogP contribution is 2.21. The van der Waals surface area contributed by atoms with E-state index in [2.05, 4.69) is 55.6 Å². The number of thiophene rings is 1. The fourth-order valence-corrected chi connectivity index (χ4v) is 2.66. The first-order valence-corrected chi connectivity index (χ1v) is 6.92. The molecule has 0 aliphatic rings. The van der Waals surface area contributed by atoms with E-state index in [0.29, 0.717) is 5.92 Å². The van der Waals surface area contributed by atoms with Crippen molar-refractivity contribution in [1.82, 2.24) is 0 Å². The summed E-state index contributed by atoms with van der Waals surface area (Å²) in [4.78, 5) is 1.35. The zero-order valence-electron chi connectivity index (χ0n) is 10.4.